The Bertz CT molecular complexity index is 653. The van der Waals surface area contributed by atoms with E-state index in [2.05, 4.69) is 24.1 Å². The third kappa shape index (κ3) is 2.35. The standard InChI is InChI=1S/C15H18N2O/c1-4-5-6-9-17-14(18)8-7-13-10-11(2)12(3)16-15(13)17/h5-8,10H,4,9H2,1-3H3. The lowest BCUT2D eigenvalue weighted by atomic mass is 10.2. The third-order valence-corrected chi connectivity index (χ3v) is 3.09. The molecular weight excluding hydrogens is 224 g/mol. The van der Waals surface area contributed by atoms with Crippen LogP contribution in [-0.2, 0) is 6.54 Å². The van der Waals surface area contributed by atoms with Crippen LogP contribution in [0.15, 0.2) is 35.1 Å². The molecule has 2 rings (SSSR count). The fraction of sp³-hybridized carbons (Fsp3) is 0.333. The first-order valence-corrected chi connectivity index (χ1v) is 6.26. The number of aryl methyl sites for hydroxylation is 2. The van der Waals surface area contributed by atoms with Gasteiger partial charge in [-0.25, -0.2) is 4.98 Å². The van der Waals surface area contributed by atoms with Crippen molar-refractivity contribution in [2.45, 2.75) is 33.7 Å². The smallest absolute Gasteiger partial charge is 0.252 e. The number of fused-ring (bicyclic) bond motifs is 1. The second-order valence-electron chi connectivity index (χ2n) is 4.47. The van der Waals surface area contributed by atoms with Crippen LogP contribution in [0.3, 0.4) is 0 Å². The van der Waals surface area contributed by atoms with E-state index in [1.807, 2.05) is 26.0 Å². The Labute approximate surface area is 107 Å². The van der Waals surface area contributed by atoms with E-state index in [-0.39, 0.29) is 5.56 Å². The zero-order chi connectivity index (χ0) is 13.1. The molecule has 0 aromatic carbocycles. The zero-order valence-corrected chi connectivity index (χ0v) is 11.1. The lowest BCUT2D eigenvalue weighted by Crippen LogP contribution is -2.19. The molecule has 0 bridgehead atoms. The molecule has 94 valence electrons. The number of nitrogens with zero attached hydrogens (tertiary/aromatic N) is 2. The normalized spacial score (nSPS) is 11.5. The fourth-order valence-electron chi connectivity index (χ4n) is 1.93. The Morgan fingerprint density at radius 2 is 2.06 bits per heavy atom. The van der Waals surface area contributed by atoms with Crippen molar-refractivity contribution in [3.05, 3.63) is 52.0 Å². The topological polar surface area (TPSA) is 34.9 Å². The Balaban J connectivity index is 2.62. The molecule has 3 heteroatoms. The molecule has 0 saturated heterocycles. The summed E-state index contributed by atoms with van der Waals surface area (Å²) in [6.07, 6.45) is 5.05. The third-order valence-electron chi connectivity index (χ3n) is 3.09. The molecule has 18 heavy (non-hydrogen) atoms. The predicted octanol–water partition coefficient (Wildman–Crippen LogP) is 2.98. The number of hydrogen-bond acceptors (Lipinski definition) is 2. The van der Waals surface area contributed by atoms with E-state index in [1.165, 1.54) is 0 Å². The predicted molar refractivity (Wildman–Crippen MR) is 74.9 cm³/mol. The molecule has 2 heterocycles. The average molecular weight is 242 g/mol. The van der Waals surface area contributed by atoms with Crippen molar-refractivity contribution in [1.29, 1.82) is 0 Å². The van der Waals surface area contributed by atoms with Gasteiger partial charge in [-0.05, 0) is 38.0 Å². The number of aromatic nitrogens is 2. The summed E-state index contributed by atoms with van der Waals surface area (Å²) in [7, 11) is 0. The van der Waals surface area contributed by atoms with E-state index in [1.54, 1.807) is 10.6 Å². The molecule has 0 radical (unpaired) electrons. The van der Waals surface area contributed by atoms with Gasteiger partial charge in [0.1, 0.15) is 5.65 Å². The maximum absolute atomic E-state index is 11.9. The molecule has 0 unspecified atom stereocenters. The molecule has 2 aromatic rings. The molecule has 0 aliphatic rings. The van der Waals surface area contributed by atoms with Gasteiger partial charge in [-0.15, -0.1) is 0 Å². The summed E-state index contributed by atoms with van der Waals surface area (Å²) in [5.41, 5.74) is 2.89. The second-order valence-corrected chi connectivity index (χ2v) is 4.47. The van der Waals surface area contributed by atoms with E-state index in [0.29, 0.717) is 6.54 Å². The number of hydrogen-bond donors (Lipinski definition) is 0. The lowest BCUT2D eigenvalue weighted by molar-refractivity contribution is 0.798. The Morgan fingerprint density at radius 1 is 1.28 bits per heavy atom. The molecular formula is C15H18N2O. The second kappa shape index (κ2) is 5.17. The lowest BCUT2D eigenvalue weighted by Gasteiger charge is -2.09. The molecule has 0 amide bonds. The van der Waals surface area contributed by atoms with E-state index >= 15 is 0 Å². The summed E-state index contributed by atoms with van der Waals surface area (Å²) in [4.78, 5) is 16.5. The highest BCUT2D eigenvalue weighted by atomic mass is 16.1. The maximum Gasteiger partial charge on any atom is 0.252 e. The quantitative estimate of drug-likeness (QED) is 0.775. The van der Waals surface area contributed by atoms with Gasteiger partial charge in [0.15, 0.2) is 0 Å². The molecule has 0 atom stereocenters. The van der Waals surface area contributed by atoms with Crippen molar-refractivity contribution < 1.29 is 0 Å². The summed E-state index contributed by atoms with van der Waals surface area (Å²) < 4.78 is 1.72. The van der Waals surface area contributed by atoms with E-state index in [4.69, 9.17) is 0 Å². The molecule has 0 aliphatic heterocycles. The summed E-state index contributed by atoms with van der Waals surface area (Å²) in [5, 5.41) is 1.02. The van der Waals surface area contributed by atoms with Gasteiger partial charge in [-0.2, -0.15) is 0 Å². The Hall–Kier alpha value is -1.90. The summed E-state index contributed by atoms with van der Waals surface area (Å²) >= 11 is 0. The summed E-state index contributed by atoms with van der Waals surface area (Å²) in [6, 6.07) is 5.53. The first-order chi connectivity index (χ1) is 8.63. The van der Waals surface area contributed by atoms with Crippen molar-refractivity contribution >= 4 is 11.0 Å². The highest BCUT2D eigenvalue weighted by Crippen LogP contribution is 2.14. The van der Waals surface area contributed by atoms with Crippen LogP contribution in [0.25, 0.3) is 11.0 Å². The van der Waals surface area contributed by atoms with E-state index in [0.717, 1.165) is 28.7 Å². The number of rotatable bonds is 3. The maximum atomic E-state index is 11.9. The average Bonchev–Trinajstić information content (AvgIpc) is 2.35. The van der Waals surface area contributed by atoms with Gasteiger partial charge < -0.3 is 0 Å². The van der Waals surface area contributed by atoms with Crippen LogP contribution in [0.1, 0.15) is 24.6 Å². The van der Waals surface area contributed by atoms with Crippen molar-refractivity contribution in [2.75, 3.05) is 0 Å². The largest absolute Gasteiger partial charge is 0.289 e. The van der Waals surface area contributed by atoms with Crippen LogP contribution >= 0.6 is 0 Å². The van der Waals surface area contributed by atoms with Gasteiger partial charge in [0.25, 0.3) is 5.56 Å². The zero-order valence-electron chi connectivity index (χ0n) is 11.1. The highest BCUT2D eigenvalue weighted by Gasteiger charge is 2.05. The van der Waals surface area contributed by atoms with Crippen LogP contribution in [0.5, 0.6) is 0 Å². The van der Waals surface area contributed by atoms with Gasteiger partial charge >= 0.3 is 0 Å². The highest BCUT2D eigenvalue weighted by molar-refractivity contribution is 5.76. The monoisotopic (exact) mass is 242 g/mol. The summed E-state index contributed by atoms with van der Waals surface area (Å²) in [6.45, 7) is 6.67. The van der Waals surface area contributed by atoms with Crippen LogP contribution < -0.4 is 5.56 Å². The Kier molecular flexibility index (Phi) is 3.60. The van der Waals surface area contributed by atoms with Crippen LogP contribution in [0, 0.1) is 13.8 Å². The number of allylic oxidation sites excluding steroid dienone is 2. The first-order valence-electron chi connectivity index (χ1n) is 6.26. The van der Waals surface area contributed by atoms with Crippen LogP contribution in [0.4, 0.5) is 0 Å². The van der Waals surface area contributed by atoms with Crippen LogP contribution in [-0.4, -0.2) is 9.55 Å². The fourth-order valence-corrected chi connectivity index (χ4v) is 1.93. The van der Waals surface area contributed by atoms with Gasteiger partial charge in [-0.1, -0.05) is 19.1 Å². The molecule has 0 saturated carbocycles. The number of pyridine rings is 2. The van der Waals surface area contributed by atoms with E-state index in [9.17, 15) is 4.79 Å². The molecule has 0 fully saturated rings. The first kappa shape index (κ1) is 12.6. The van der Waals surface area contributed by atoms with Gasteiger partial charge in [0.2, 0.25) is 0 Å². The minimum atomic E-state index is -0.000920. The molecule has 0 aliphatic carbocycles. The van der Waals surface area contributed by atoms with Crippen molar-refractivity contribution in [2.24, 2.45) is 0 Å². The van der Waals surface area contributed by atoms with E-state index < -0.39 is 0 Å². The van der Waals surface area contributed by atoms with Crippen molar-refractivity contribution in [3.63, 3.8) is 0 Å². The van der Waals surface area contributed by atoms with Gasteiger partial charge in [0.05, 0.1) is 0 Å². The molecule has 2 aromatic heterocycles. The summed E-state index contributed by atoms with van der Waals surface area (Å²) in [5.74, 6) is 0. The van der Waals surface area contributed by atoms with Crippen LogP contribution in [0.2, 0.25) is 0 Å². The molecule has 3 nitrogen and oxygen atoms in total. The van der Waals surface area contributed by atoms with Crippen molar-refractivity contribution in [1.82, 2.24) is 9.55 Å². The molecule has 0 spiro atoms. The van der Waals surface area contributed by atoms with Gasteiger partial charge in [0, 0.05) is 23.7 Å². The minimum absolute atomic E-state index is 0.000920. The van der Waals surface area contributed by atoms with Gasteiger partial charge in [-0.3, -0.25) is 9.36 Å². The van der Waals surface area contributed by atoms with Crippen molar-refractivity contribution in [3.8, 4) is 0 Å². The molecule has 0 N–H and O–H groups in total. The SMILES string of the molecule is CCC=CCn1c(=O)ccc2cc(C)c(C)nc21. The minimum Gasteiger partial charge on any atom is -0.289 e. The Morgan fingerprint density at radius 3 is 2.78 bits per heavy atom.